The van der Waals surface area contributed by atoms with E-state index >= 15 is 0 Å². The predicted molar refractivity (Wildman–Crippen MR) is 91.0 cm³/mol. The summed E-state index contributed by atoms with van der Waals surface area (Å²) < 4.78 is 0. The van der Waals surface area contributed by atoms with Crippen molar-refractivity contribution in [3.8, 4) is 0 Å². The summed E-state index contributed by atoms with van der Waals surface area (Å²) in [5, 5.41) is 5.82. The van der Waals surface area contributed by atoms with Crippen molar-refractivity contribution in [2.24, 2.45) is 5.92 Å². The van der Waals surface area contributed by atoms with Crippen LogP contribution in [-0.4, -0.2) is 23.3 Å². The van der Waals surface area contributed by atoms with Crippen LogP contribution in [0.3, 0.4) is 0 Å². The molecule has 2 aromatic rings. The predicted octanol–water partition coefficient (Wildman–Crippen LogP) is 3.15. The van der Waals surface area contributed by atoms with Crippen molar-refractivity contribution in [1.82, 2.24) is 10.3 Å². The maximum Gasteiger partial charge on any atom is 0.267 e. The minimum atomic E-state index is -0.191. The average Bonchev–Trinajstić information content (AvgIpc) is 3.26. The lowest BCUT2D eigenvalue weighted by Gasteiger charge is -2.10. The van der Waals surface area contributed by atoms with Gasteiger partial charge in [0.1, 0.15) is 4.88 Å². The summed E-state index contributed by atoms with van der Waals surface area (Å²) in [5.74, 6) is 0.350. The van der Waals surface area contributed by atoms with Gasteiger partial charge in [-0.05, 0) is 50.3 Å². The molecule has 1 fully saturated rings. The van der Waals surface area contributed by atoms with Crippen molar-refractivity contribution in [1.29, 1.82) is 0 Å². The van der Waals surface area contributed by atoms with Crippen LogP contribution in [0.25, 0.3) is 0 Å². The molecule has 3 rings (SSSR count). The number of aromatic nitrogens is 1. The number of anilines is 1. The summed E-state index contributed by atoms with van der Waals surface area (Å²) in [5.41, 5.74) is 4.50. The Balaban J connectivity index is 1.73. The first kappa shape index (κ1) is 15.7. The molecule has 1 heterocycles. The highest BCUT2D eigenvalue weighted by molar-refractivity contribution is 7.12. The summed E-state index contributed by atoms with van der Waals surface area (Å²) >= 11 is 1.31. The third kappa shape index (κ3) is 3.76. The monoisotopic (exact) mass is 329 g/mol. The summed E-state index contributed by atoms with van der Waals surface area (Å²) in [7, 11) is 0. The largest absolute Gasteiger partial charge is 0.352 e. The first-order valence-corrected chi connectivity index (χ1v) is 8.53. The van der Waals surface area contributed by atoms with Crippen molar-refractivity contribution in [2.75, 3.05) is 11.9 Å². The van der Waals surface area contributed by atoms with Crippen LogP contribution in [0.1, 0.15) is 44.1 Å². The molecule has 1 aromatic carbocycles. The number of amides is 2. The number of hydrogen-bond donors (Lipinski definition) is 2. The van der Waals surface area contributed by atoms with E-state index in [0.717, 1.165) is 12.1 Å². The Hall–Kier alpha value is -2.21. The summed E-state index contributed by atoms with van der Waals surface area (Å²) in [4.78, 5) is 29.2. The Kier molecular flexibility index (Phi) is 4.43. The molecular weight excluding hydrogens is 310 g/mol. The lowest BCUT2D eigenvalue weighted by atomic mass is 10.1. The molecule has 0 unspecified atom stereocenters. The van der Waals surface area contributed by atoms with E-state index in [-0.39, 0.29) is 11.8 Å². The molecule has 1 aliphatic rings. The van der Waals surface area contributed by atoms with Crippen molar-refractivity contribution in [2.45, 2.75) is 26.7 Å². The number of nitrogens with one attached hydrogen (secondary N) is 2. The van der Waals surface area contributed by atoms with Gasteiger partial charge >= 0.3 is 0 Å². The van der Waals surface area contributed by atoms with Gasteiger partial charge in [0, 0.05) is 17.8 Å². The maximum absolute atomic E-state index is 12.3. The zero-order valence-corrected chi connectivity index (χ0v) is 14.0. The number of carbonyl (C=O) groups excluding carboxylic acids is 2. The third-order valence-electron chi connectivity index (χ3n) is 3.95. The molecule has 5 nitrogen and oxygen atoms in total. The van der Waals surface area contributed by atoms with Crippen LogP contribution in [0.2, 0.25) is 0 Å². The topological polar surface area (TPSA) is 71.1 Å². The van der Waals surface area contributed by atoms with E-state index in [0.29, 0.717) is 27.7 Å². The first-order chi connectivity index (χ1) is 11.0. The van der Waals surface area contributed by atoms with Gasteiger partial charge in [0.15, 0.2) is 0 Å². The average molecular weight is 329 g/mol. The van der Waals surface area contributed by atoms with Gasteiger partial charge in [-0.15, -0.1) is 11.3 Å². The second-order valence-corrected chi connectivity index (χ2v) is 6.76. The summed E-state index contributed by atoms with van der Waals surface area (Å²) in [6.07, 6.45) is 2.40. The van der Waals surface area contributed by atoms with Crippen molar-refractivity contribution >= 4 is 28.8 Å². The molecule has 6 heteroatoms. The Morgan fingerprint density at radius 2 is 2.04 bits per heavy atom. The first-order valence-electron chi connectivity index (χ1n) is 7.65. The van der Waals surface area contributed by atoms with Crippen LogP contribution in [0.4, 0.5) is 5.69 Å². The number of rotatable bonds is 5. The molecule has 1 saturated carbocycles. The molecule has 23 heavy (non-hydrogen) atoms. The van der Waals surface area contributed by atoms with Gasteiger partial charge in [-0.25, -0.2) is 4.98 Å². The van der Waals surface area contributed by atoms with Crippen LogP contribution in [0, 0.1) is 19.8 Å². The molecule has 0 saturated heterocycles. The normalized spacial score (nSPS) is 13.7. The van der Waals surface area contributed by atoms with E-state index in [9.17, 15) is 9.59 Å². The van der Waals surface area contributed by atoms with Crippen molar-refractivity contribution in [3.05, 3.63) is 45.4 Å². The van der Waals surface area contributed by atoms with E-state index < -0.39 is 0 Å². The Labute approximate surface area is 139 Å². The standard InChI is InChI=1S/C17H19N3O2S/c1-10-3-6-13(16(21)18-8-12-4-5-12)7-14(10)20-17(22)15-11(2)19-9-23-15/h3,6-7,9,12H,4-5,8H2,1-2H3,(H,18,21)(H,20,22). The lowest BCUT2D eigenvalue weighted by molar-refractivity contribution is 0.0950. The minimum absolute atomic E-state index is 0.0960. The van der Waals surface area contributed by atoms with Crippen molar-refractivity contribution < 1.29 is 9.59 Å². The van der Waals surface area contributed by atoms with Crippen LogP contribution >= 0.6 is 11.3 Å². The second kappa shape index (κ2) is 6.50. The number of nitrogens with zero attached hydrogens (tertiary/aromatic N) is 1. The zero-order valence-electron chi connectivity index (χ0n) is 13.2. The zero-order chi connectivity index (χ0) is 16.4. The highest BCUT2D eigenvalue weighted by atomic mass is 32.1. The maximum atomic E-state index is 12.3. The molecule has 0 atom stereocenters. The highest BCUT2D eigenvalue weighted by Crippen LogP contribution is 2.27. The molecular formula is C17H19N3O2S. The van der Waals surface area contributed by atoms with Gasteiger partial charge in [0.25, 0.3) is 11.8 Å². The van der Waals surface area contributed by atoms with Gasteiger partial charge < -0.3 is 10.6 Å². The number of benzene rings is 1. The molecule has 1 aromatic heterocycles. The van der Waals surface area contributed by atoms with Crippen LogP contribution in [-0.2, 0) is 0 Å². The molecule has 0 spiro atoms. The van der Waals surface area contributed by atoms with E-state index in [1.54, 1.807) is 24.6 Å². The van der Waals surface area contributed by atoms with Crippen LogP contribution < -0.4 is 10.6 Å². The smallest absolute Gasteiger partial charge is 0.267 e. The van der Waals surface area contributed by atoms with Gasteiger partial charge in [-0.2, -0.15) is 0 Å². The molecule has 2 N–H and O–H groups in total. The van der Waals surface area contributed by atoms with Gasteiger partial charge in [0.05, 0.1) is 11.2 Å². The Morgan fingerprint density at radius 1 is 1.26 bits per heavy atom. The van der Waals surface area contributed by atoms with Gasteiger partial charge in [-0.1, -0.05) is 6.07 Å². The number of carbonyl (C=O) groups is 2. The lowest BCUT2D eigenvalue weighted by Crippen LogP contribution is -2.25. The molecule has 0 aliphatic heterocycles. The highest BCUT2D eigenvalue weighted by Gasteiger charge is 2.22. The SMILES string of the molecule is Cc1ccc(C(=O)NCC2CC2)cc1NC(=O)c1scnc1C. The fraction of sp³-hybridized carbons (Fsp3) is 0.353. The Morgan fingerprint density at radius 3 is 2.70 bits per heavy atom. The van der Waals surface area contributed by atoms with Crippen LogP contribution in [0.15, 0.2) is 23.7 Å². The number of hydrogen-bond acceptors (Lipinski definition) is 4. The fourth-order valence-corrected chi connectivity index (χ4v) is 2.96. The summed E-state index contributed by atoms with van der Waals surface area (Å²) in [6, 6.07) is 5.36. The van der Waals surface area contributed by atoms with Gasteiger partial charge in [0.2, 0.25) is 0 Å². The van der Waals surface area contributed by atoms with E-state index in [1.165, 1.54) is 24.2 Å². The summed E-state index contributed by atoms with van der Waals surface area (Å²) in [6.45, 7) is 4.44. The van der Waals surface area contributed by atoms with Crippen molar-refractivity contribution in [3.63, 3.8) is 0 Å². The molecule has 120 valence electrons. The Bertz CT molecular complexity index is 750. The van der Waals surface area contributed by atoms with E-state index in [1.807, 2.05) is 13.0 Å². The molecule has 0 radical (unpaired) electrons. The second-order valence-electron chi connectivity index (χ2n) is 5.90. The molecule has 1 aliphatic carbocycles. The van der Waals surface area contributed by atoms with Gasteiger partial charge in [-0.3, -0.25) is 9.59 Å². The van der Waals surface area contributed by atoms with Crippen LogP contribution in [0.5, 0.6) is 0 Å². The van der Waals surface area contributed by atoms with E-state index in [2.05, 4.69) is 15.6 Å². The third-order valence-corrected chi connectivity index (χ3v) is 4.88. The quantitative estimate of drug-likeness (QED) is 0.885. The molecule has 2 amide bonds. The molecule has 0 bridgehead atoms. The number of thiazole rings is 1. The minimum Gasteiger partial charge on any atom is -0.352 e. The number of aryl methyl sites for hydroxylation is 2. The van der Waals surface area contributed by atoms with E-state index in [4.69, 9.17) is 0 Å². The fourth-order valence-electron chi connectivity index (χ4n) is 2.26.